The molecule has 0 aromatic carbocycles. The van der Waals surface area contributed by atoms with E-state index in [1.54, 1.807) is 14.0 Å². The Morgan fingerprint density at radius 2 is 2.00 bits per heavy atom. The van der Waals surface area contributed by atoms with Gasteiger partial charge in [0.1, 0.15) is 0 Å². The van der Waals surface area contributed by atoms with Gasteiger partial charge in [-0.1, -0.05) is 0 Å². The maximum Gasteiger partial charge on any atom is 0.281 e. The van der Waals surface area contributed by atoms with Crippen molar-refractivity contribution in [2.75, 3.05) is 20.1 Å². The van der Waals surface area contributed by atoms with E-state index in [0.29, 0.717) is 13.1 Å². The number of hydrogen-bond donors (Lipinski definition) is 2. The van der Waals surface area contributed by atoms with Gasteiger partial charge in [0, 0.05) is 32.6 Å². The Morgan fingerprint density at radius 1 is 1.50 bits per heavy atom. The molecule has 1 unspecified atom stereocenters. The van der Waals surface area contributed by atoms with E-state index < -0.39 is 10.2 Å². The van der Waals surface area contributed by atoms with Crippen LogP contribution in [-0.2, 0) is 10.2 Å². The summed E-state index contributed by atoms with van der Waals surface area (Å²) in [7, 11) is -1.83. The average molecular weight is 248 g/mol. The van der Waals surface area contributed by atoms with Crippen molar-refractivity contribution in [3.05, 3.63) is 0 Å². The molecule has 1 fully saturated rings. The lowest BCUT2D eigenvalue weighted by Crippen LogP contribution is -2.45. The summed E-state index contributed by atoms with van der Waals surface area (Å²) < 4.78 is 27.0. The molecule has 7 heteroatoms. The Morgan fingerprint density at radius 3 is 2.44 bits per heavy atom. The van der Waals surface area contributed by atoms with E-state index in [4.69, 9.17) is 11.1 Å². The second-order valence-electron chi connectivity index (χ2n) is 4.21. The van der Waals surface area contributed by atoms with Crippen molar-refractivity contribution in [1.82, 2.24) is 8.61 Å². The fourth-order valence-corrected chi connectivity index (χ4v) is 3.39. The molecule has 0 aromatic rings. The van der Waals surface area contributed by atoms with Gasteiger partial charge in [0.15, 0.2) is 0 Å². The maximum absolute atomic E-state index is 12.1. The van der Waals surface area contributed by atoms with Crippen LogP contribution in [0.15, 0.2) is 0 Å². The van der Waals surface area contributed by atoms with Crippen LogP contribution < -0.4 is 5.73 Å². The molecule has 0 radical (unpaired) electrons. The molecule has 94 valence electrons. The second kappa shape index (κ2) is 5.11. The molecule has 0 amide bonds. The van der Waals surface area contributed by atoms with E-state index in [1.165, 1.54) is 8.61 Å². The highest BCUT2D eigenvalue weighted by Gasteiger charge is 2.31. The molecular formula is C9H20N4O2S. The molecule has 0 saturated carbocycles. The smallest absolute Gasteiger partial charge is 0.281 e. The van der Waals surface area contributed by atoms with Crippen LogP contribution in [0.3, 0.4) is 0 Å². The van der Waals surface area contributed by atoms with Crippen molar-refractivity contribution in [3.8, 4) is 0 Å². The quantitative estimate of drug-likeness (QED) is 0.529. The van der Waals surface area contributed by atoms with Crippen molar-refractivity contribution in [1.29, 1.82) is 5.41 Å². The first-order valence-electron chi connectivity index (χ1n) is 5.41. The SMILES string of the molecule is CC(CC(=N)N)N(C)S(=O)(=O)N1CCCC1. The molecule has 1 heterocycles. The van der Waals surface area contributed by atoms with Gasteiger partial charge in [-0.15, -0.1) is 0 Å². The first-order chi connectivity index (χ1) is 7.35. The molecule has 0 aliphatic carbocycles. The van der Waals surface area contributed by atoms with Gasteiger partial charge >= 0.3 is 0 Å². The predicted molar refractivity (Wildman–Crippen MR) is 63.5 cm³/mol. The molecular weight excluding hydrogens is 228 g/mol. The predicted octanol–water partition coefficient (Wildman–Crippen LogP) is -0.0266. The highest BCUT2D eigenvalue weighted by Crippen LogP contribution is 2.17. The highest BCUT2D eigenvalue weighted by molar-refractivity contribution is 7.86. The largest absolute Gasteiger partial charge is 0.388 e. The topological polar surface area (TPSA) is 90.5 Å². The molecule has 3 N–H and O–H groups in total. The Hall–Kier alpha value is -0.660. The minimum atomic E-state index is -3.37. The van der Waals surface area contributed by atoms with Crippen LogP contribution in [0.1, 0.15) is 26.2 Å². The third-order valence-electron chi connectivity index (χ3n) is 2.89. The van der Waals surface area contributed by atoms with Crippen LogP contribution in [-0.4, -0.2) is 49.0 Å². The lowest BCUT2D eigenvalue weighted by atomic mass is 10.2. The van der Waals surface area contributed by atoms with Gasteiger partial charge in [0.2, 0.25) is 0 Å². The Labute approximate surface area is 97.1 Å². The molecule has 1 saturated heterocycles. The number of nitrogens with one attached hydrogen (secondary N) is 1. The number of nitrogens with two attached hydrogens (primary N) is 1. The summed E-state index contributed by atoms with van der Waals surface area (Å²) in [6.07, 6.45) is 2.12. The van der Waals surface area contributed by atoms with Crippen LogP contribution in [0.25, 0.3) is 0 Å². The zero-order chi connectivity index (χ0) is 12.3. The Balaban J connectivity index is 2.70. The van der Waals surface area contributed by atoms with E-state index in [2.05, 4.69) is 0 Å². The van der Waals surface area contributed by atoms with Crippen molar-refractivity contribution >= 4 is 16.0 Å². The van der Waals surface area contributed by atoms with E-state index in [-0.39, 0.29) is 18.3 Å². The van der Waals surface area contributed by atoms with E-state index >= 15 is 0 Å². The summed E-state index contributed by atoms with van der Waals surface area (Å²) in [5, 5.41) is 7.17. The number of amidine groups is 1. The van der Waals surface area contributed by atoms with Crippen molar-refractivity contribution in [2.45, 2.75) is 32.2 Å². The van der Waals surface area contributed by atoms with E-state index in [0.717, 1.165) is 12.8 Å². The number of rotatable bonds is 5. The van der Waals surface area contributed by atoms with Crippen molar-refractivity contribution in [3.63, 3.8) is 0 Å². The monoisotopic (exact) mass is 248 g/mol. The molecule has 1 aliphatic heterocycles. The standard InChI is InChI=1S/C9H20N4O2S/c1-8(7-9(10)11)12(2)16(14,15)13-5-3-4-6-13/h8H,3-7H2,1-2H3,(H3,10,11). The summed E-state index contributed by atoms with van der Waals surface area (Å²) >= 11 is 0. The van der Waals surface area contributed by atoms with Gasteiger partial charge in [-0.25, -0.2) is 0 Å². The fourth-order valence-electron chi connectivity index (χ4n) is 1.78. The average Bonchev–Trinajstić information content (AvgIpc) is 2.68. The zero-order valence-corrected chi connectivity index (χ0v) is 10.6. The van der Waals surface area contributed by atoms with Crippen LogP contribution in [0.4, 0.5) is 0 Å². The van der Waals surface area contributed by atoms with Gasteiger partial charge in [-0.2, -0.15) is 17.0 Å². The summed E-state index contributed by atoms with van der Waals surface area (Å²) in [5.74, 6) is 0.0102. The first kappa shape index (κ1) is 13.4. The summed E-state index contributed by atoms with van der Waals surface area (Å²) in [4.78, 5) is 0. The minimum Gasteiger partial charge on any atom is -0.388 e. The third kappa shape index (κ3) is 2.93. The van der Waals surface area contributed by atoms with Gasteiger partial charge in [0.05, 0.1) is 5.84 Å². The maximum atomic E-state index is 12.1. The van der Waals surface area contributed by atoms with E-state index in [1.807, 2.05) is 0 Å². The molecule has 1 atom stereocenters. The first-order valence-corrected chi connectivity index (χ1v) is 6.81. The van der Waals surface area contributed by atoms with Crippen molar-refractivity contribution < 1.29 is 8.42 Å². The van der Waals surface area contributed by atoms with Crippen LogP contribution in [0, 0.1) is 5.41 Å². The van der Waals surface area contributed by atoms with Gasteiger partial charge in [-0.05, 0) is 19.8 Å². The minimum absolute atomic E-state index is 0.0102. The normalized spacial score (nSPS) is 20.2. The lowest BCUT2D eigenvalue weighted by Gasteiger charge is -2.28. The summed E-state index contributed by atoms with van der Waals surface area (Å²) in [6, 6.07) is -0.275. The molecule has 0 bridgehead atoms. The zero-order valence-electron chi connectivity index (χ0n) is 9.81. The number of nitrogens with zero attached hydrogens (tertiary/aromatic N) is 2. The molecule has 6 nitrogen and oxygen atoms in total. The van der Waals surface area contributed by atoms with Gasteiger partial charge < -0.3 is 5.73 Å². The third-order valence-corrected chi connectivity index (χ3v) is 5.00. The molecule has 16 heavy (non-hydrogen) atoms. The highest BCUT2D eigenvalue weighted by atomic mass is 32.2. The number of hydrogen-bond acceptors (Lipinski definition) is 3. The lowest BCUT2D eigenvalue weighted by molar-refractivity contribution is 0.350. The Kier molecular flexibility index (Phi) is 4.28. The van der Waals surface area contributed by atoms with Crippen LogP contribution in [0.2, 0.25) is 0 Å². The van der Waals surface area contributed by atoms with E-state index in [9.17, 15) is 8.42 Å². The molecule has 1 aliphatic rings. The van der Waals surface area contributed by atoms with Crippen molar-refractivity contribution in [2.24, 2.45) is 5.73 Å². The molecule has 0 spiro atoms. The van der Waals surface area contributed by atoms with Gasteiger partial charge in [0.25, 0.3) is 10.2 Å². The summed E-state index contributed by atoms with van der Waals surface area (Å²) in [6.45, 7) is 2.95. The second-order valence-corrected chi connectivity index (χ2v) is 6.20. The fraction of sp³-hybridized carbons (Fsp3) is 0.889. The van der Waals surface area contributed by atoms with Crippen LogP contribution >= 0.6 is 0 Å². The molecule has 0 aromatic heterocycles. The Bertz CT molecular complexity index is 349. The summed E-state index contributed by atoms with van der Waals surface area (Å²) in [5.41, 5.74) is 5.28. The van der Waals surface area contributed by atoms with Crippen LogP contribution in [0.5, 0.6) is 0 Å². The van der Waals surface area contributed by atoms with Gasteiger partial charge in [-0.3, -0.25) is 5.41 Å². The molecule has 1 rings (SSSR count).